The molecule has 0 saturated carbocycles. The van der Waals surface area contributed by atoms with Crippen molar-refractivity contribution in [3.63, 3.8) is 0 Å². The zero-order valence-corrected chi connectivity index (χ0v) is 14.4. The van der Waals surface area contributed by atoms with Crippen LogP contribution in [0.25, 0.3) is 0 Å². The van der Waals surface area contributed by atoms with Crippen LogP contribution < -0.4 is 9.47 Å². The van der Waals surface area contributed by atoms with Gasteiger partial charge in [0, 0.05) is 17.5 Å². The number of ether oxygens (including phenoxy) is 2. The number of nitriles is 1. The second-order valence-electron chi connectivity index (χ2n) is 6.30. The zero-order valence-electron chi connectivity index (χ0n) is 13.4. The topological polar surface area (TPSA) is 51.5 Å². The molecule has 0 bridgehead atoms. The third-order valence-corrected chi connectivity index (χ3v) is 4.14. The summed E-state index contributed by atoms with van der Waals surface area (Å²) in [6.07, 6.45) is 0.438. The van der Waals surface area contributed by atoms with Crippen LogP contribution in [-0.2, 0) is 10.8 Å². The van der Waals surface area contributed by atoms with Crippen LogP contribution in [0.3, 0.4) is 0 Å². The normalized spacial score (nSPS) is 18.6. The molecule has 0 spiro atoms. The van der Waals surface area contributed by atoms with Gasteiger partial charge in [-0.25, -0.2) is 0 Å². The van der Waals surface area contributed by atoms with Crippen molar-refractivity contribution in [1.29, 1.82) is 5.26 Å². The van der Waals surface area contributed by atoms with Gasteiger partial charge in [0.15, 0.2) is 14.4 Å². The quantitative estimate of drug-likeness (QED) is 0.776. The molecule has 2 unspecified atom stereocenters. The fourth-order valence-corrected chi connectivity index (χ4v) is 3.34. The van der Waals surface area contributed by atoms with Gasteiger partial charge in [-0.1, -0.05) is 0 Å². The highest BCUT2D eigenvalue weighted by Gasteiger charge is 2.28. The standard InChI is InChI=1S/C16H23NO3Si/c1-6-18-15-8-12-7-11(2)19-14(12)9-13(15)16(10-17)20-21(3,4)5/h8-9,11,16H,6-7H2,1-5H3. The Morgan fingerprint density at radius 3 is 2.71 bits per heavy atom. The van der Waals surface area contributed by atoms with E-state index in [4.69, 9.17) is 13.9 Å². The van der Waals surface area contributed by atoms with Crippen molar-refractivity contribution in [2.75, 3.05) is 6.61 Å². The average molecular weight is 305 g/mol. The summed E-state index contributed by atoms with van der Waals surface area (Å²) in [7, 11) is -1.83. The average Bonchev–Trinajstić information content (AvgIpc) is 2.73. The second-order valence-corrected chi connectivity index (χ2v) is 10.8. The first-order valence-corrected chi connectivity index (χ1v) is 10.8. The largest absolute Gasteiger partial charge is 0.493 e. The lowest BCUT2D eigenvalue weighted by molar-refractivity contribution is 0.239. The van der Waals surface area contributed by atoms with Crippen LogP contribution in [0, 0.1) is 11.3 Å². The first-order chi connectivity index (χ1) is 9.84. The molecule has 114 valence electrons. The van der Waals surface area contributed by atoms with E-state index < -0.39 is 14.4 Å². The van der Waals surface area contributed by atoms with Crippen LogP contribution in [-0.4, -0.2) is 21.0 Å². The zero-order chi connectivity index (χ0) is 15.6. The molecule has 0 fully saturated rings. The predicted molar refractivity (Wildman–Crippen MR) is 84.2 cm³/mol. The Balaban J connectivity index is 2.41. The molecule has 1 aliphatic rings. The molecule has 0 saturated heterocycles. The summed E-state index contributed by atoms with van der Waals surface area (Å²) in [5.74, 6) is 1.58. The fraction of sp³-hybridized carbons (Fsp3) is 0.562. The van der Waals surface area contributed by atoms with Crippen molar-refractivity contribution in [1.82, 2.24) is 0 Å². The Morgan fingerprint density at radius 1 is 1.43 bits per heavy atom. The fourth-order valence-electron chi connectivity index (χ4n) is 2.45. The van der Waals surface area contributed by atoms with E-state index in [9.17, 15) is 5.26 Å². The molecule has 21 heavy (non-hydrogen) atoms. The number of hydrogen-bond acceptors (Lipinski definition) is 4. The summed E-state index contributed by atoms with van der Waals surface area (Å²) < 4.78 is 17.5. The maximum atomic E-state index is 9.49. The number of rotatable bonds is 5. The highest BCUT2D eigenvalue weighted by Crippen LogP contribution is 2.39. The Bertz CT molecular complexity index is 560. The second kappa shape index (κ2) is 6.08. The number of nitrogens with zero attached hydrogens (tertiary/aromatic N) is 1. The first kappa shape index (κ1) is 15.9. The lowest BCUT2D eigenvalue weighted by Crippen LogP contribution is -2.27. The third-order valence-electron chi connectivity index (χ3n) is 3.20. The van der Waals surface area contributed by atoms with Crippen LogP contribution >= 0.6 is 0 Å². The van der Waals surface area contributed by atoms with Crippen molar-refractivity contribution in [3.05, 3.63) is 23.3 Å². The lowest BCUT2D eigenvalue weighted by Gasteiger charge is -2.23. The molecule has 0 N–H and O–H groups in total. The minimum absolute atomic E-state index is 0.170. The molecule has 2 atom stereocenters. The molecule has 5 heteroatoms. The molecular weight excluding hydrogens is 282 g/mol. The maximum absolute atomic E-state index is 9.49. The molecule has 1 aromatic rings. The maximum Gasteiger partial charge on any atom is 0.186 e. The Hall–Kier alpha value is -1.51. The minimum Gasteiger partial charge on any atom is -0.493 e. The number of fused-ring (bicyclic) bond motifs is 1. The highest BCUT2D eigenvalue weighted by molar-refractivity contribution is 6.69. The summed E-state index contributed by atoms with van der Waals surface area (Å²) >= 11 is 0. The van der Waals surface area contributed by atoms with E-state index in [1.165, 1.54) is 0 Å². The summed E-state index contributed by atoms with van der Waals surface area (Å²) in [6, 6.07) is 6.16. The van der Waals surface area contributed by atoms with E-state index in [2.05, 4.69) is 25.7 Å². The minimum atomic E-state index is -1.83. The smallest absolute Gasteiger partial charge is 0.186 e. The highest BCUT2D eigenvalue weighted by atomic mass is 28.4. The molecule has 0 amide bonds. The molecule has 4 nitrogen and oxygen atoms in total. The van der Waals surface area contributed by atoms with Crippen LogP contribution in [0.1, 0.15) is 31.1 Å². The van der Waals surface area contributed by atoms with Crippen LogP contribution in [0.15, 0.2) is 12.1 Å². The molecule has 0 aliphatic carbocycles. The van der Waals surface area contributed by atoms with Crippen molar-refractivity contribution in [2.24, 2.45) is 0 Å². The van der Waals surface area contributed by atoms with Crippen LogP contribution in [0.5, 0.6) is 11.5 Å². The molecule has 0 aromatic heterocycles. The SMILES string of the molecule is CCOc1cc2c(cc1C(C#N)O[Si](C)(C)C)OC(C)C2. The van der Waals surface area contributed by atoms with Gasteiger partial charge in [-0.2, -0.15) is 5.26 Å². The number of hydrogen-bond donors (Lipinski definition) is 0. The van der Waals surface area contributed by atoms with Gasteiger partial charge in [-0.05, 0) is 45.6 Å². The van der Waals surface area contributed by atoms with Crippen LogP contribution in [0.4, 0.5) is 0 Å². The van der Waals surface area contributed by atoms with Crippen molar-refractivity contribution in [3.8, 4) is 17.6 Å². The van der Waals surface area contributed by atoms with Gasteiger partial charge >= 0.3 is 0 Å². The van der Waals surface area contributed by atoms with E-state index in [1.54, 1.807) is 0 Å². The Kier molecular flexibility index (Phi) is 4.60. The van der Waals surface area contributed by atoms with Gasteiger partial charge in [-0.15, -0.1) is 0 Å². The molecule has 0 radical (unpaired) electrons. The summed E-state index contributed by atoms with van der Waals surface area (Å²) in [5.41, 5.74) is 1.91. The van der Waals surface area contributed by atoms with E-state index in [0.29, 0.717) is 6.61 Å². The molecule has 2 rings (SSSR count). The van der Waals surface area contributed by atoms with Gasteiger partial charge in [0.05, 0.1) is 12.7 Å². The van der Waals surface area contributed by atoms with Crippen molar-refractivity contribution < 1.29 is 13.9 Å². The van der Waals surface area contributed by atoms with Gasteiger partial charge in [0.25, 0.3) is 0 Å². The van der Waals surface area contributed by atoms with E-state index in [0.717, 1.165) is 29.0 Å². The summed E-state index contributed by atoms with van der Waals surface area (Å²) in [6.45, 7) is 10.8. The van der Waals surface area contributed by atoms with Crippen molar-refractivity contribution >= 4 is 8.32 Å². The van der Waals surface area contributed by atoms with Gasteiger partial charge in [-0.3, -0.25) is 0 Å². The van der Waals surface area contributed by atoms with Gasteiger partial charge in [0.1, 0.15) is 17.6 Å². The van der Waals surface area contributed by atoms with E-state index in [-0.39, 0.29) is 6.10 Å². The summed E-state index contributed by atoms with van der Waals surface area (Å²) in [4.78, 5) is 0. The third kappa shape index (κ3) is 3.77. The summed E-state index contributed by atoms with van der Waals surface area (Å²) in [5, 5.41) is 9.49. The predicted octanol–water partition coefficient (Wildman–Crippen LogP) is 3.82. The van der Waals surface area contributed by atoms with Gasteiger partial charge < -0.3 is 13.9 Å². The van der Waals surface area contributed by atoms with E-state index in [1.807, 2.05) is 26.0 Å². The van der Waals surface area contributed by atoms with Crippen molar-refractivity contribution in [2.45, 2.75) is 52.1 Å². The molecule has 1 heterocycles. The monoisotopic (exact) mass is 305 g/mol. The van der Waals surface area contributed by atoms with Gasteiger partial charge in [0.2, 0.25) is 0 Å². The van der Waals surface area contributed by atoms with Crippen LogP contribution in [0.2, 0.25) is 19.6 Å². The lowest BCUT2D eigenvalue weighted by atomic mass is 10.0. The number of benzene rings is 1. The molecular formula is C16H23NO3Si. The molecule has 1 aromatic carbocycles. The Labute approximate surface area is 127 Å². The molecule has 1 aliphatic heterocycles. The first-order valence-electron chi connectivity index (χ1n) is 7.37. The Morgan fingerprint density at radius 2 is 2.14 bits per heavy atom. The van der Waals surface area contributed by atoms with E-state index >= 15 is 0 Å².